The summed E-state index contributed by atoms with van der Waals surface area (Å²) in [7, 11) is 0. The molecule has 0 aliphatic carbocycles. The fourth-order valence-corrected chi connectivity index (χ4v) is 3.65. The maximum absolute atomic E-state index is 13.2. The van der Waals surface area contributed by atoms with Crippen LogP contribution in [0.25, 0.3) is 10.9 Å². The SMILES string of the molecule is Cc1ccc2cc(CN3CCCC3)c(=O)n(Cc3ccccn3)c2c1. The van der Waals surface area contributed by atoms with E-state index in [1.54, 1.807) is 6.20 Å². The van der Waals surface area contributed by atoms with Gasteiger partial charge in [-0.1, -0.05) is 18.2 Å². The van der Waals surface area contributed by atoms with Crippen molar-refractivity contribution < 1.29 is 0 Å². The van der Waals surface area contributed by atoms with E-state index < -0.39 is 0 Å². The third-order valence-corrected chi connectivity index (χ3v) is 4.97. The van der Waals surface area contributed by atoms with Crippen LogP contribution in [0.5, 0.6) is 0 Å². The summed E-state index contributed by atoms with van der Waals surface area (Å²) in [4.78, 5) is 20.0. The molecule has 0 atom stereocenters. The third-order valence-electron chi connectivity index (χ3n) is 4.97. The first kappa shape index (κ1) is 16.0. The second-order valence-electron chi connectivity index (χ2n) is 6.93. The number of rotatable bonds is 4. The number of nitrogens with zero attached hydrogens (tertiary/aromatic N) is 3. The Bertz CT molecular complexity index is 941. The van der Waals surface area contributed by atoms with E-state index in [-0.39, 0.29) is 5.56 Å². The number of pyridine rings is 2. The largest absolute Gasteiger partial charge is 0.302 e. The highest BCUT2D eigenvalue weighted by Crippen LogP contribution is 2.19. The Labute approximate surface area is 147 Å². The Hall–Kier alpha value is -2.46. The van der Waals surface area contributed by atoms with Gasteiger partial charge < -0.3 is 4.57 Å². The Morgan fingerprint density at radius 2 is 1.88 bits per heavy atom. The van der Waals surface area contributed by atoms with Crippen LogP contribution in [-0.4, -0.2) is 27.5 Å². The highest BCUT2D eigenvalue weighted by molar-refractivity contribution is 5.80. The van der Waals surface area contributed by atoms with Crippen molar-refractivity contribution in [2.75, 3.05) is 13.1 Å². The molecule has 0 unspecified atom stereocenters. The van der Waals surface area contributed by atoms with E-state index in [1.165, 1.54) is 12.8 Å². The zero-order chi connectivity index (χ0) is 17.2. The van der Waals surface area contributed by atoms with Gasteiger partial charge in [0.05, 0.1) is 17.8 Å². The van der Waals surface area contributed by atoms with Gasteiger partial charge in [0.1, 0.15) is 0 Å². The van der Waals surface area contributed by atoms with Crippen LogP contribution < -0.4 is 5.56 Å². The molecule has 4 heteroatoms. The van der Waals surface area contributed by atoms with Crippen molar-refractivity contribution in [1.29, 1.82) is 0 Å². The number of benzene rings is 1. The second-order valence-corrected chi connectivity index (χ2v) is 6.93. The summed E-state index contributed by atoms with van der Waals surface area (Å²) in [5.74, 6) is 0. The third kappa shape index (κ3) is 3.35. The summed E-state index contributed by atoms with van der Waals surface area (Å²) < 4.78 is 1.88. The smallest absolute Gasteiger partial charge is 0.255 e. The molecule has 0 bridgehead atoms. The quantitative estimate of drug-likeness (QED) is 0.735. The lowest BCUT2D eigenvalue weighted by atomic mass is 10.1. The van der Waals surface area contributed by atoms with Gasteiger partial charge in [0.15, 0.2) is 0 Å². The first-order valence-electron chi connectivity index (χ1n) is 8.96. The number of likely N-dealkylation sites (tertiary alicyclic amines) is 1. The molecule has 4 rings (SSSR count). The van der Waals surface area contributed by atoms with Gasteiger partial charge in [0.25, 0.3) is 5.56 Å². The predicted octanol–water partition coefficient (Wildman–Crippen LogP) is 3.35. The first-order chi connectivity index (χ1) is 12.2. The standard InChI is InChI=1S/C21H23N3O/c1-16-7-8-17-13-18(14-23-10-4-5-11-23)21(25)24(20(17)12-16)15-19-6-2-3-9-22-19/h2-3,6-9,12-13H,4-5,10-11,14-15H2,1H3. The van der Waals surface area contributed by atoms with E-state index >= 15 is 0 Å². The average Bonchev–Trinajstić information content (AvgIpc) is 3.13. The Kier molecular flexibility index (Phi) is 4.36. The van der Waals surface area contributed by atoms with E-state index in [0.717, 1.165) is 47.4 Å². The highest BCUT2D eigenvalue weighted by Gasteiger charge is 2.16. The van der Waals surface area contributed by atoms with E-state index in [4.69, 9.17) is 0 Å². The number of aromatic nitrogens is 2. The molecule has 0 saturated carbocycles. The highest BCUT2D eigenvalue weighted by atomic mass is 16.1. The molecule has 0 radical (unpaired) electrons. The molecule has 25 heavy (non-hydrogen) atoms. The molecular weight excluding hydrogens is 310 g/mol. The van der Waals surface area contributed by atoms with Crippen molar-refractivity contribution in [1.82, 2.24) is 14.5 Å². The van der Waals surface area contributed by atoms with Crippen molar-refractivity contribution in [2.24, 2.45) is 0 Å². The van der Waals surface area contributed by atoms with Crippen molar-refractivity contribution in [3.63, 3.8) is 0 Å². The monoisotopic (exact) mass is 333 g/mol. The number of aryl methyl sites for hydroxylation is 1. The van der Waals surface area contributed by atoms with E-state index in [2.05, 4.69) is 41.1 Å². The van der Waals surface area contributed by atoms with Gasteiger partial charge in [-0.25, -0.2) is 0 Å². The summed E-state index contributed by atoms with van der Waals surface area (Å²) in [5, 5.41) is 1.12. The molecule has 1 aliphatic heterocycles. The van der Waals surface area contributed by atoms with Crippen LogP contribution in [0.4, 0.5) is 0 Å². The second kappa shape index (κ2) is 6.81. The topological polar surface area (TPSA) is 38.1 Å². The maximum Gasteiger partial charge on any atom is 0.255 e. The molecule has 0 amide bonds. The molecule has 3 heterocycles. The zero-order valence-corrected chi connectivity index (χ0v) is 14.6. The maximum atomic E-state index is 13.2. The predicted molar refractivity (Wildman–Crippen MR) is 101 cm³/mol. The van der Waals surface area contributed by atoms with Crippen molar-refractivity contribution >= 4 is 10.9 Å². The molecule has 1 fully saturated rings. The van der Waals surface area contributed by atoms with Crippen LogP contribution in [0.2, 0.25) is 0 Å². The molecule has 1 aliphatic rings. The minimum absolute atomic E-state index is 0.107. The molecule has 4 nitrogen and oxygen atoms in total. The van der Waals surface area contributed by atoms with Crippen molar-refractivity contribution in [3.05, 3.63) is 75.8 Å². The van der Waals surface area contributed by atoms with E-state index in [1.807, 2.05) is 22.8 Å². The molecular formula is C21H23N3O. The molecule has 0 N–H and O–H groups in total. The fourth-order valence-electron chi connectivity index (χ4n) is 3.65. The molecule has 0 spiro atoms. The van der Waals surface area contributed by atoms with Gasteiger partial charge >= 0.3 is 0 Å². The van der Waals surface area contributed by atoms with Crippen LogP contribution in [0.1, 0.15) is 29.7 Å². The summed E-state index contributed by atoms with van der Waals surface area (Å²) in [6.07, 6.45) is 4.24. The van der Waals surface area contributed by atoms with Crippen LogP contribution in [0, 0.1) is 6.92 Å². The van der Waals surface area contributed by atoms with E-state index in [9.17, 15) is 4.79 Å². The minimum atomic E-state index is 0.107. The normalized spacial score (nSPS) is 15.1. The molecule has 128 valence electrons. The fraction of sp³-hybridized carbons (Fsp3) is 0.333. The molecule has 1 aromatic carbocycles. The average molecular weight is 333 g/mol. The van der Waals surface area contributed by atoms with Gasteiger partial charge in [-0.2, -0.15) is 0 Å². The van der Waals surface area contributed by atoms with Crippen molar-refractivity contribution in [2.45, 2.75) is 32.9 Å². The number of hydrogen-bond donors (Lipinski definition) is 0. The lowest BCUT2D eigenvalue weighted by Gasteiger charge is -2.17. The van der Waals surface area contributed by atoms with Gasteiger partial charge in [-0.05, 0) is 68.1 Å². The van der Waals surface area contributed by atoms with Crippen molar-refractivity contribution in [3.8, 4) is 0 Å². The lowest BCUT2D eigenvalue weighted by Crippen LogP contribution is -2.29. The Balaban J connectivity index is 1.83. The summed E-state index contributed by atoms with van der Waals surface area (Å²) in [6.45, 7) is 5.49. The van der Waals surface area contributed by atoms with Crippen LogP contribution in [0.15, 0.2) is 53.5 Å². The zero-order valence-electron chi connectivity index (χ0n) is 14.6. The number of hydrogen-bond acceptors (Lipinski definition) is 3. The van der Waals surface area contributed by atoms with Gasteiger partial charge in [-0.3, -0.25) is 14.7 Å². The van der Waals surface area contributed by atoms with E-state index in [0.29, 0.717) is 6.54 Å². The van der Waals surface area contributed by atoms with Gasteiger partial charge in [0.2, 0.25) is 0 Å². The van der Waals surface area contributed by atoms with Crippen LogP contribution in [-0.2, 0) is 13.1 Å². The summed E-state index contributed by atoms with van der Waals surface area (Å²) in [6, 6.07) is 14.2. The Morgan fingerprint density at radius 3 is 2.64 bits per heavy atom. The first-order valence-corrected chi connectivity index (χ1v) is 8.96. The molecule has 2 aromatic heterocycles. The van der Waals surface area contributed by atoms with Gasteiger partial charge in [-0.15, -0.1) is 0 Å². The summed E-state index contributed by atoms with van der Waals surface area (Å²) in [5.41, 5.74) is 4.05. The Morgan fingerprint density at radius 1 is 1.04 bits per heavy atom. The molecule has 1 saturated heterocycles. The van der Waals surface area contributed by atoms with Crippen LogP contribution >= 0.6 is 0 Å². The molecule has 3 aromatic rings. The minimum Gasteiger partial charge on any atom is -0.302 e. The van der Waals surface area contributed by atoms with Gasteiger partial charge in [0, 0.05) is 18.3 Å². The van der Waals surface area contributed by atoms with Crippen LogP contribution in [0.3, 0.4) is 0 Å². The summed E-state index contributed by atoms with van der Waals surface area (Å²) >= 11 is 0. The number of fused-ring (bicyclic) bond motifs is 1. The lowest BCUT2D eigenvalue weighted by molar-refractivity contribution is 0.329.